The molecule has 1 N–H and O–H groups in total. The van der Waals surface area contributed by atoms with Gasteiger partial charge in [0.2, 0.25) is 0 Å². The van der Waals surface area contributed by atoms with Crippen LogP contribution in [0.4, 0.5) is 18.9 Å². The number of hydrogen-bond donors (Lipinski definition) is 1. The van der Waals surface area contributed by atoms with E-state index in [4.69, 9.17) is 32.7 Å². The summed E-state index contributed by atoms with van der Waals surface area (Å²) in [6, 6.07) is 3.94. The lowest BCUT2D eigenvalue weighted by Gasteiger charge is -2.26. The van der Waals surface area contributed by atoms with Gasteiger partial charge in [0, 0.05) is 25.7 Å². The first-order valence-electron chi connectivity index (χ1n) is 10.2. The molecule has 2 aromatic rings. The van der Waals surface area contributed by atoms with Crippen molar-refractivity contribution < 1.29 is 45.4 Å². The van der Waals surface area contributed by atoms with Crippen LogP contribution in [0.15, 0.2) is 28.5 Å². The van der Waals surface area contributed by atoms with Crippen LogP contribution in [0, 0.1) is 0 Å². The summed E-state index contributed by atoms with van der Waals surface area (Å²) in [6.45, 7) is 3.22. The van der Waals surface area contributed by atoms with Crippen LogP contribution in [0.2, 0.25) is 9.36 Å². The monoisotopic (exact) mass is 590 g/mol. The number of esters is 2. The summed E-state index contributed by atoms with van der Waals surface area (Å²) in [5.74, 6) is -4.48. The van der Waals surface area contributed by atoms with Crippen molar-refractivity contribution in [2.24, 2.45) is 0 Å². The maximum absolute atomic E-state index is 12.8. The molecule has 0 radical (unpaired) electrons. The predicted octanol–water partition coefficient (Wildman–Crippen LogP) is 4.20. The number of nitrogens with zero attached hydrogens (tertiary/aromatic N) is 1. The molecule has 1 aromatic heterocycles. The Morgan fingerprint density at radius 1 is 1.17 bits per heavy atom. The van der Waals surface area contributed by atoms with Gasteiger partial charge >= 0.3 is 18.1 Å². The number of ether oxygens (including phenoxy) is 3. The number of alkyl halides is 3. The number of anilines is 1. The molecule has 16 heteroatoms. The van der Waals surface area contributed by atoms with E-state index in [1.165, 1.54) is 0 Å². The van der Waals surface area contributed by atoms with E-state index in [9.17, 15) is 31.2 Å². The second-order valence-electron chi connectivity index (χ2n) is 7.33. The first kappa shape index (κ1) is 28.5. The number of rotatable bonds is 9. The van der Waals surface area contributed by atoms with E-state index in [0.29, 0.717) is 37.5 Å². The number of carbonyl (C=O) groups is 2. The molecule has 0 aliphatic carbocycles. The molecule has 3 rings (SSSR count). The van der Waals surface area contributed by atoms with E-state index in [0.717, 1.165) is 37.4 Å². The van der Waals surface area contributed by atoms with Crippen LogP contribution in [-0.2, 0) is 24.3 Å². The summed E-state index contributed by atoms with van der Waals surface area (Å²) in [7, 11) is -4.24. The van der Waals surface area contributed by atoms with Crippen LogP contribution in [0.1, 0.15) is 16.8 Å². The molecule has 1 aliphatic rings. The van der Waals surface area contributed by atoms with E-state index in [2.05, 4.69) is 14.4 Å². The summed E-state index contributed by atoms with van der Waals surface area (Å²) in [6.07, 6.45) is -4.91. The lowest BCUT2D eigenvalue weighted by atomic mass is 10.2. The van der Waals surface area contributed by atoms with E-state index >= 15 is 0 Å². The number of halogens is 5. The van der Waals surface area contributed by atoms with Gasteiger partial charge in [-0.15, -0.1) is 11.3 Å². The molecular formula is C20H19Cl2F3N2O7S2. The van der Waals surface area contributed by atoms with Gasteiger partial charge in [-0.05, 0) is 24.6 Å². The lowest BCUT2D eigenvalue weighted by Crippen LogP contribution is -2.37. The van der Waals surface area contributed by atoms with Crippen molar-refractivity contribution in [3.8, 4) is 5.75 Å². The maximum atomic E-state index is 12.8. The van der Waals surface area contributed by atoms with Crippen molar-refractivity contribution in [2.45, 2.75) is 16.8 Å². The summed E-state index contributed by atoms with van der Waals surface area (Å²) in [5.41, 5.74) is -0.784. The fourth-order valence-electron chi connectivity index (χ4n) is 3.02. The second kappa shape index (κ2) is 12.0. The summed E-state index contributed by atoms with van der Waals surface area (Å²) in [5, 5.41) is -0.00597. The fraction of sp³-hybridized carbons (Fsp3) is 0.400. The minimum absolute atomic E-state index is 0.00597. The SMILES string of the molecule is O=C(OCCCN1CCOCC1)c1ccc(NS(=O)(=O)c2cc(Cl)c(Cl)s2)cc1OC(=O)C(F)(F)F. The smallest absolute Gasteiger partial charge is 0.462 e. The average Bonchev–Trinajstić information content (AvgIpc) is 3.16. The Labute approximate surface area is 218 Å². The molecular weight excluding hydrogens is 572 g/mol. The molecule has 198 valence electrons. The number of morpholine rings is 1. The van der Waals surface area contributed by atoms with Crippen LogP contribution < -0.4 is 9.46 Å². The predicted molar refractivity (Wildman–Crippen MR) is 125 cm³/mol. The average molecular weight is 591 g/mol. The molecule has 0 bridgehead atoms. The molecule has 1 saturated heterocycles. The maximum Gasteiger partial charge on any atom is 0.491 e. The Balaban J connectivity index is 1.75. The number of nitrogens with one attached hydrogen (secondary N) is 1. The van der Waals surface area contributed by atoms with Crippen LogP contribution in [0.25, 0.3) is 0 Å². The first-order chi connectivity index (χ1) is 16.9. The third kappa shape index (κ3) is 7.70. The van der Waals surface area contributed by atoms with E-state index in [-0.39, 0.29) is 25.9 Å². The topological polar surface area (TPSA) is 111 Å². The van der Waals surface area contributed by atoms with Crippen LogP contribution in [0.3, 0.4) is 0 Å². The van der Waals surface area contributed by atoms with Gasteiger partial charge in [0.05, 0.1) is 30.5 Å². The highest BCUT2D eigenvalue weighted by Crippen LogP contribution is 2.35. The van der Waals surface area contributed by atoms with E-state index < -0.39 is 39.5 Å². The van der Waals surface area contributed by atoms with Crippen molar-refractivity contribution in [1.82, 2.24) is 4.90 Å². The Kier molecular flexibility index (Phi) is 9.46. The van der Waals surface area contributed by atoms with Gasteiger partial charge < -0.3 is 14.2 Å². The van der Waals surface area contributed by atoms with Crippen LogP contribution >= 0.6 is 34.5 Å². The number of benzene rings is 1. The normalized spacial score (nSPS) is 14.9. The third-order valence-electron chi connectivity index (χ3n) is 4.73. The largest absolute Gasteiger partial charge is 0.491 e. The highest BCUT2D eigenvalue weighted by molar-refractivity contribution is 7.94. The lowest BCUT2D eigenvalue weighted by molar-refractivity contribution is -0.189. The molecule has 1 fully saturated rings. The Morgan fingerprint density at radius 2 is 1.86 bits per heavy atom. The zero-order valence-electron chi connectivity index (χ0n) is 18.3. The number of thiophene rings is 1. The molecule has 0 atom stereocenters. The minimum atomic E-state index is -5.36. The van der Waals surface area contributed by atoms with Gasteiger partial charge in [0.1, 0.15) is 19.9 Å². The second-order valence-corrected chi connectivity index (χ2v) is 11.3. The Morgan fingerprint density at radius 3 is 2.47 bits per heavy atom. The molecule has 0 saturated carbocycles. The molecule has 0 spiro atoms. The van der Waals surface area contributed by atoms with Crippen molar-refractivity contribution in [2.75, 3.05) is 44.2 Å². The van der Waals surface area contributed by atoms with Gasteiger partial charge in [-0.1, -0.05) is 23.2 Å². The molecule has 0 amide bonds. The Hall–Kier alpha value is -2.10. The van der Waals surface area contributed by atoms with Crippen molar-refractivity contribution in [3.63, 3.8) is 0 Å². The molecule has 1 aromatic carbocycles. The van der Waals surface area contributed by atoms with E-state index in [1.54, 1.807) is 0 Å². The van der Waals surface area contributed by atoms with Crippen molar-refractivity contribution in [3.05, 3.63) is 39.2 Å². The highest BCUT2D eigenvalue weighted by Gasteiger charge is 2.42. The molecule has 0 unspecified atom stereocenters. The zero-order chi connectivity index (χ0) is 26.5. The van der Waals surface area contributed by atoms with Gasteiger partial charge in [-0.25, -0.2) is 18.0 Å². The van der Waals surface area contributed by atoms with Gasteiger partial charge in [-0.3, -0.25) is 9.62 Å². The first-order valence-corrected chi connectivity index (χ1v) is 13.3. The zero-order valence-corrected chi connectivity index (χ0v) is 21.4. The van der Waals surface area contributed by atoms with Crippen LogP contribution in [0.5, 0.6) is 5.75 Å². The van der Waals surface area contributed by atoms with E-state index in [1.807, 2.05) is 0 Å². The standard InChI is InChI=1S/C20H19Cl2F3N2O7S2/c21-14-11-16(35-17(14)22)36(30,31)26-12-2-3-13(15(10-12)34-19(29)20(23,24)25)18(28)33-7-1-4-27-5-8-32-9-6-27/h2-3,10-11,26H,1,4-9H2. The third-order valence-corrected chi connectivity index (χ3v) is 8.45. The van der Waals surface area contributed by atoms with Crippen LogP contribution in [-0.4, -0.2) is 70.9 Å². The van der Waals surface area contributed by atoms with Crippen molar-refractivity contribution in [1.29, 1.82) is 0 Å². The molecule has 9 nitrogen and oxygen atoms in total. The molecule has 36 heavy (non-hydrogen) atoms. The van der Waals surface area contributed by atoms with Crippen molar-refractivity contribution >= 4 is 62.2 Å². The summed E-state index contributed by atoms with van der Waals surface area (Å²) >= 11 is 12.2. The fourth-order valence-corrected chi connectivity index (χ4v) is 5.95. The molecule has 2 heterocycles. The number of carbonyl (C=O) groups excluding carboxylic acids is 2. The number of hydrogen-bond acceptors (Lipinski definition) is 9. The minimum Gasteiger partial charge on any atom is -0.462 e. The quantitative estimate of drug-likeness (QED) is 0.263. The van der Waals surface area contributed by atoms with Gasteiger partial charge in [0.15, 0.2) is 0 Å². The highest BCUT2D eigenvalue weighted by atomic mass is 35.5. The summed E-state index contributed by atoms with van der Waals surface area (Å²) < 4.78 is 80.1. The Bertz CT molecular complexity index is 1200. The van der Waals surface area contributed by atoms with Gasteiger partial charge in [-0.2, -0.15) is 13.2 Å². The summed E-state index contributed by atoms with van der Waals surface area (Å²) in [4.78, 5) is 26.0. The molecule has 1 aliphatic heterocycles. The van der Waals surface area contributed by atoms with Gasteiger partial charge in [0.25, 0.3) is 10.0 Å². The number of sulfonamides is 1.